The standard InChI is InChI=1S/C4H2N8O4/c13-11(14)3-5-1(7-9-3)2-6-4(10-8-2)12(15)16/h1-2H/t1-,2-/m1/s1. The van der Waals surface area contributed by atoms with Crippen LogP contribution in [0.3, 0.4) is 0 Å². The van der Waals surface area contributed by atoms with E-state index in [1.165, 1.54) is 0 Å². The maximum Gasteiger partial charge on any atom is 0.488 e. The van der Waals surface area contributed by atoms with Crippen LogP contribution in [0.15, 0.2) is 30.4 Å². The summed E-state index contributed by atoms with van der Waals surface area (Å²) < 4.78 is 0. The summed E-state index contributed by atoms with van der Waals surface area (Å²) in [6.07, 6.45) is -2.11. The number of nitrogens with zero attached hydrogens (tertiary/aromatic N) is 8. The third-order valence-corrected chi connectivity index (χ3v) is 1.62. The van der Waals surface area contributed by atoms with E-state index in [0.29, 0.717) is 0 Å². The van der Waals surface area contributed by atoms with Gasteiger partial charge in [-0.05, 0) is 9.85 Å². The van der Waals surface area contributed by atoms with E-state index in [-0.39, 0.29) is 0 Å². The van der Waals surface area contributed by atoms with E-state index in [4.69, 9.17) is 0 Å². The van der Waals surface area contributed by atoms with Crippen molar-refractivity contribution in [3.63, 3.8) is 0 Å². The lowest BCUT2D eigenvalue weighted by Crippen LogP contribution is -2.17. The molecule has 0 aromatic heterocycles. The molecular weight excluding hydrogens is 224 g/mol. The minimum Gasteiger partial charge on any atom is -0.390 e. The first kappa shape index (κ1) is 9.88. The largest absolute Gasteiger partial charge is 0.488 e. The normalized spacial score (nSPS) is 26.8. The number of rotatable bonds is 1. The zero-order chi connectivity index (χ0) is 11.7. The lowest BCUT2D eigenvalue weighted by atomic mass is 10.4. The second kappa shape index (κ2) is 3.48. The van der Waals surface area contributed by atoms with Crippen LogP contribution in [0, 0.1) is 20.2 Å². The van der Waals surface area contributed by atoms with E-state index in [2.05, 4.69) is 30.4 Å². The van der Waals surface area contributed by atoms with E-state index in [0.717, 1.165) is 0 Å². The Morgan fingerprint density at radius 1 is 0.875 bits per heavy atom. The molecule has 12 heteroatoms. The number of hydrogen-bond acceptors (Lipinski definition) is 10. The predicted molar refractivity (Wildman–Crippen MR) is 46.1 cm³/mol. The van der Waals surface area contributed by atoms with Crippen molar-refractivity contribution in [1.29, 1.82) is 0 Å². The molecule has 0 bridgehead atoms. The molecule has 0 saturated carbocycles. The van der Waals surface area contributed by atoms with Crippen LogP contribution in [0.4, 0.5) is 0 Å². The van der Waals surface area contributed by atoms with Crippen molar-refractivity contribution in [3.05, 3.63) is 20.2 Å². The number of guanidine groups is 2. The molecule has 2 heterocycles. The van der Waals surface area contributed by atoms with Crippen LogP contribution in [0.1, 0.15) is 0 Å². The molecule has 2 rings (SSSR count). The number of hydrogen-bond donors (Lipinski definition) is 0. The quantitative estimate of drug-likeness (QED) is 0.448. The highest BCUT2D eigenvalue weighted by atomic mass is 16.6. The SMILES string of the molecule is O=[N+]([O-])C1=N[C@@H]([C@H]2N=NC([N+](=O)[O-])=N2)N=N1. The van der Waals surface area contributed by atoms with Gasteiger partial charge < -0.3 is 20.2 Å². The average Bonchev–Trinajstić information content (AvgIpc) is 2.86. The second-order valence-corrected chi connectivity index (χ2v) is 2.63. The minimum atomic E-state index is -1.05. The molecule has 0 saturated heterocycles. The summed E-state index contributed by atoms with van der Waals surface area (Å²) in [5.41, 5.74) is 0. The zero-order valence-electron chi connectivity index (χ0n) is 7.37. The van der Waals surface area contributed by atoms with Crippen molar-refractivity contribution >= 4 is 11.9 Å². The third-order valence-electron chi connectivity index (χ3n) is 1.62. The van der Waals surface area contributed by atoms with Crippen LogP contribution in [0.5, 0.6) is 0 Å². The topological polar surface area (TPSA) is 160 Å². The molecule has 0 amide bonds. The van der Waals surface area contributed by atoms with Crippen LogP contribution in [0.2, 0.25) is 0 Å². The smallest absolute Gasteiger partial charge is 0.390 e. The Bertz CT molecular complexity index is 432. The lowest BCUT2D eigenvalue weighted by molar-refractivity contribution is -0.352. The third kappa shape index (κ3) is 1.62. The number of azo groups is 2. The molecule has 2 aliphatic rings. The zero-order valence-corrected chi connectivity index (χ0v) is 7.37. The Labute approximate surface area is 85.8 Å². The first-order chi connectivity index (χ1) is 7.58. The fourth-order valence-corrected chi connectivity index (χ4v) is 0.981. The highest BCUT2D eigenvalue weighted by molar-refractivity contribution is 5.74. The first-order valence-corrected chi connectivity index (χ1v) is 3.84. The van der Waals surface area contributed by atoms with Crippen molar-refractivity contribution < 1.29 is 9.85 Å². The second-order valence-electron chi connectivity index (χ2n) is 2.63. The van der Waals surface area contributed by atoms with Gasteiger partial charge in [-0.3, -0.25) is 0 Å². The van der Waals surface area contributed by atoms with Gasteiger partial charge in [-0.2, -0.15) is 0 Å². The summed E-state index contributed by atoms with van der Waals surface area (Å²) in [4.78, 5) is 25.8. The van der Waals surface area contributed by atoms with Gasteiger partial charge in [0.25, 0.3) is 12.3 Å². The average molecular weight is 226 g/mol. The van der Waals surface area contributed by atoms with Crippen molar-refractivity contribution in [1.82, 2.24) is 0 Å². The first-order valence-electron chi connectivity index (χ1n) is 3.84. The highest BCUT2D eigenvalue weighted by Gasteiger charge is 2.41. The summed E-state index contributed by atoms with van der Waals surface area (Å²) in [6, 6.07) is 0. The van der Waals surface area contributed by atoms with Gasteiger partial charge in [-0.1, -0.05) is 20.2 Å². The van der Waals surface area contributed by atoms with E-state index in [9.17, 15) is 20.2 Å². The Kier molecular flexibility index (Phi) is 2.15. The lowest BCUT2D eigenvalue weighted by Gasteiger charge is -1.92. The number of nitro groups is 2. The van der Waals surface area contributed by atoms with Crippen LogP contribution in [0.25, 0.3) is 0 Å². The molecule has 0 aliphatic carbocycles. The van der Waals surface area contributed by atoms with Crippen LogP contribution in [-0.4, -0.2) is 34.1 Å². The Balaban J connectivity index is 2.14. The monoisotopic (exact) mass is 226 g/mol. The molecule has 0 aromatic carbocycles. The van der Waals surface area contributed by atoms with Gasteiger partial charge in [0.05, 0.1) is 10.2 Å². The van der Waals surface area contributed by atoms with Crippen molar-refractivity contribution in [3.8, 4) is 0 Å². The maximum absolute atomic E-state index is 10.3. The molecule has 82 valence electrons. The molecule has 0 unspecified atom stereocenters. The van der Waals surface area contributed by atoms with Gasteiger partial charge in [0.1, 0.15) is 0 Å². The van der Waals surface area contributed by atoms with Gasteiger partial charge >= 0.3 is 11.9 Å². The molecule has 0 N–H and O–H groups in total. The molecule has 2 atom stereocenters. The minimum absolute atomic E-state index is 0.676. The molecule has 0 spiro atoms. The Morgan fingerprint density at radius 2 is 1.25 bits per heavy atom. The fraction of sp³-hybridized carbons (Fsp3) is 0.500. The molecule has 12 nitrogen and oxygen atoms in total. The highest BCUT2D eigenvalue weighted by Crippen LogP contribution is 2.18. The summed E-state index contributed by atoms with van der Waals surface area (Å²) in [6.45, 7) is 0. The van der Waals surface area contributed by atoms with Gasteiger partial charge in [0, 0.05) is 0 Å². The van der Waals surface area contributed by atoms with Crippen LogP contribution in [-0.2, 0) is 0 Å². The molecule has 0 aromatic rings. The van der Waals surface area contributed by atoms with Crippen molar-refractivity contribution in [2.75, 3.05) is 0 Å². The van der Waals surface area contributed by atoms with Gasteiger partial charge in [-0.25, -0.2) is 0 Å². The molecule has 2 aliphatic heterocycles. The summed E-state index contributed by atoms with van der Waals surface area (Å²) in [5.74, 6) is -1.35. The van der Waals surface area contributed by atoms with E-state index < -0.39 is 34.1 Å². The van der Waals surface area contributed by atoms with E-state index in [1.807, 2.05) is 0 Å². The summed E-state index contributed by atoms with van der Waals surface area (Å²) in [7, 11) is 0. The summed E-state index contributed by atoms with van der Waals surface area (Å²) in [5, 5.41) is 33.7. The summed E-state index contributed by atoms with van der Waals surface area (Å²) >= 11 is 0. The molecular formula is C4H2N8O4. The number of aliphatic imine (C=N–C) groups is 2. The Morgan fingerprint density at radius 3 is 1.50 bits per heavy atom. The Hall–Kier alpha value is -2.66. The van der Waals surface area contributed by atoms with Gasteiger partial charge in [-0.15, -0.1) is 0 Å². The molecule has 0 radical (unpaired) electrons. The van der Waals surface area contributed by atoms with E-state index >= 15 is 0 Å². The van der Waals surface area contributed by atoms with Crippen LogP contribution >= 0.6 is 0 Å². The molecule has 0 fully saturated rings. The van der Waals surface area contributed by atoms with Crippen molar-refractivity contribution in [2.45, 2.75) is 12.3 Å². The predicted octanol–water partition coefficient (Wildman–Crippen LogP) is -0.164. The molecule has 16 heavy (non-hydrogen) atoms. The maximum atomic E-state index is 10.3. The van der Waals surface area contributed by atoms with E-state index in [1.54, 1.807) is 0 Å². The van der Waals surface area contributed by atoms with Gasteiger partial charge in [0.2, 0.25) is 0 Å². The van der Waals surface area contributed by atoms with Crippen LogP contribution < -0.4 is 0 Å². The van der Waals surface area contributed by atoms with Gasteiger partial charge in [0.15, 0.2) is 0 Å². The van der Waals surface area contributed by atoms with Crippen molar-refractivity contribution in [2.24, 2.45) is 30.4 Å². The fourth-order valence-electron chi connectivity index (χ4n) is 0.981.